The molecule has 1 amide bonds. The lowest BCUT2D eigenvalue weighted by atomic mass is 10.2. The molecule has 0 saturated heterocycles. The molecule has 6 nitrogen and oxygen atoms in total. The second-order valence-corrected chi connectivity index (χ2v) is 6.73. The van der Waals surface area contributed by atoms with Crippen molar-refractivity contribution in [2.24, 2.45) is 0 Å². The van der Waals surface area contributed by atoms with Crippen LogP contribution >= 0.6 is 11.8 Å². The van der Waals surface area contributed by atoms with Crippen LogP contribution in [0.3, 0.4) is 0 Å². The van der Waals surface area contributed by atoms with Gasteiger partial charge in [-0.05, 0) is 42.2 Å². The van der Waals surface area contributed by atoms with E-state index in [9.17, 15) is 22.4 Å². The number of alkyl halides is 3. The summed E-state index contributed by atoms with van der Waals surface area (Å²) in [6, 6.07) is 7.35. The van der Waals surface area contributed by atoms with Gasteiger partial charge in [-0.15, -0.1) is 16.9 Å². The molecule has 0 spiro atoms. The van der Waals surface area contributed by atoms with Gasteiger partial charge in [0, 0.05) is 0 Å². The number of benzene rings is 1. The zero-order valence-corrected chi connectivity index (χ0v) is 15.2. The minimum absolute atomic E-state index is 0.0807. The van der Waals surface area contributed by atoms with Crippen molar-refractivity contribution in [3.63, 3.8) is 0 Å². The van der Waals surface area contributed by atoms with Crippen molar-refractivity contribution < 1.29 is 22.4 Å². The first-order valence-electron chi connectivity index (χ1n) is 7.98. The van der Waals surface area contributed by atoms with Gasteiger partial charge >= 0.3 is 6.18 Å². The van der Waals surface area contributed by atoms with Crippen molar-refractivity contribution in [1.82, 2.24) is 20.0 Å². The average molecular weight is 411 g/mol. The Morgan fingerprint density at radius 3 is 2.46 bits per heavy atom. The first-order chi connectivity index (χ1) is 13.3. The van der Waals surface area contributed by atoms with Gasteiger partial charge in [0.2, 0.25) is 0 Å². The lowest BCUT2D eigenvalue weighted by Gasteiger charge is -2.11. The van der Waals surface area contributed by atoms with Crippen LogP contribution in [0, 0.1) is 5.82 Å². The van der Waals surface area contributed by atoms with Gasteiger partial charge in [-0.1, -0.05) is 12.1 Å². The van der Waals surface area contributed by atoms with Crippen molar-refractivity contribution >= 4 is 23.4 Å². The number of carbonyl (C=O) groups is 1. The maximum atomic E-state index is 13.6. The van der Waals surface area contributed by atoms with Gasteiger partial charge in [-0.3, -0.25) is 4.79 Å². The van der Waals surface area contributed by atoms with Gasteiger partial charge in [-0.2, -0.15) is 13.2 Å². The normalized spacial score (nSPS) is 11.5. The fourth-order valence-electron chi connectivity index (χ4n) is 2.33. The Labute approximate surface area is 161 Å². The Morgan fingerprint density at radius 2 is 1.89 bits per heavy atom. The molecule has 11 heteroatoms. The molecule has 1 aromatic carbocycles. The molecule has 3 rings (SSSR count). The van der Waals surface area contributed by atoms with Crippen molar-refractivity contribution in [2.45, 2.75) is 18.1 Å². The van der Waals surface area contributed by atoms with Crippen LogP contribution in [-0.4, -0.2) is 31.6 Å². The summed E-state index contributed by atoms with van der Waals surface area (Å²) in [4.78, 5) is 16.5. The van der Waals surface area contributed by atoms with Gasteiger partial charge in [0.25, 0.3) is 5.91 Å². The van der Waals surface area contributed by atoms with Crippen LogP contribution < -0.4 is 5.32 Å². The van der Waals surface area contributed by atoms with E-state index in [1.807, 2.05) is 6.92 Å². The van der Waals surface area contributed by atoms with Crippen LogP contribution in [0.1, 0.15) is 23.1 Å². The van der Waals surface area contributed by atoms with Gasteiger partial charge in [0.15, 0.2) is 11.4 Å². The number of nitrogens with zero attached hydrogens (tertiary/aromatic N) is 4. The fourth-order valence-corrected chi connectivity index (χ4v) is 2.92. The molecule has 28 heavy (non-hydrogen) atoms. The molecule has 2 aromatic heterocycles. The Kier molecular flexibility index (Phi) is 5.63. The minimum Gasteiger partial charge on any atom is -0.319 e. The monoisotopic (exact) mass is 411 g/mol. The smallest absolute Gasteiger partial charge is 0.319 e. The van der Waals surface area contributed by atoms with E-state index in [0.29, 0.717) is 4.68 Å². The third kappa shape index (κ3) is 4.30. The Balaban J connectivity index is 1.92. The maximum absolute atomic E-state index is 13.6. The summed E-state index contributed by atoms with van der Waals surface area (Å²) < 4.78 is 54.2. The van der Waals surface area contributed by atoms with E-state index in [1.165, 1.54) is 24.0 Å². The number of carbonyl (C=O) groups excluding carboxylic acids is 1. The topological polar surface area (TPSA) is 72.7 Å². The molecule has 0 bridgehead atoms. The Bertz CT molecular complexity index is 971. The predicted molar refractivity (Wildman–Crippen MR) is 94.9 cm³/mol. The zero-order valence-electron chi connectivity index (χ0n) is 14.4. The standard InChI is InChI=1S/C17H13F4N5OS/c1-2-28-13-8-5-11(9-22-13)23-16(27)14-15(17(19,20)21)26(25-24-14)12-6-3-10(18)4-7-12/h3-9H,2H2,1H3,(H,23,27). The number of anilines is 1. The highest BCUT2D eigenvalue weighted by molar-refractivity contribution is 7.99. The number of thioether (sulfide) groups is 1. The lowest BCUT2D eigenvalue weighted by molar-refractivity contribution is -0.143. The second-order valence-electron chi connectivity index (χ2n) is 5.44. The van der Waals surface area contributed by atoms with E-state index in [0.717, 1.165) is 35.0 Å². The highest BCUT2D eigenvalue weighted by Crippen LogP contribution is 2.33. The molecular formula is C17H13F4N5OS. The Hall–Kier alpha value is -2.95. The summed E-state index contributed by atoms with van der Waals surface area (Å²) in [5.74, 6) is -0.897. The third-order valence-corrected chi connectivity index (χ3v) is 4.34. The lowest BCUT2D eigenvalue weighted by Crippen LogP contribution is -2.21. The minimum atomic E-state index is -4.91. The molecule has 3 aromatic rings. The van der Waals surface area contributed by atoms with Crippen LogP contribution in [0.5, 0.6) is 0 Å². The number of pyridine rings is 1. The van der Waals surface area contributed by atoms with Gasteiger partial charge in [0.1, 0.15) is 5.82 Å². The molecule has 2 heterocycles. The summed E-state index contributed by atoms with van der Waals surface area (Å²) in [6.07, 6.45) is -3.57. The molecule has 1 N–H and O–H groups in total. The molecule has 0 radical (unpaired) electrons. The molecule has 0 aliphatic rings. The van der Waals surface area contributed by atoms with Crippen LogP contribution in [0.15, 0.2) is 47.6 Å². The summed E-state index contributed by atoms with van der Waals surface area (Å²) in [6.45, 7) is 1.95. The maximum Gasteiger partial charge on any atom is 0.435 e. The number of rotatable bonds is 5. The van der Waals surface area contributed by atoms with Crippen molar-refractivity contribution in [1.29, 1.82) is 0 Å². The summed E-state index contributed by atoms with van der Waals surface area (Å²) in [5, 5.41) is 9.86. The summed E-state index contributed by atoms with van der Waals surface area (Å²) >= 11 is 1.48. The number of aromatic nitrogens is 4. The number of hydrogen-bond donors (Lipinski definition) is 1. The van der Waals surface area contributed by atoms with E-state index >= 15 is 0 Å². The average Bonchev–Trinajstić information content (AvgIpc) is 3.10. The zero-order chi connectivity index (χ0) is 20.3. The predicted octanol–water partition coefficient (Wildman–Crippen LogP) is 4.18. The van der Waals surface area contributed by atoms with Gasteiger partial charge in [0.05, 0.1) is 22.6 Å². The SMILES string of the molecule is CCSc1ccc(NC(=O)c2nnn(-c3ccc(F)cc3)c2C(F)(F)F)cn1. The van der Waals surface area contributed by atoms with E-state index in [-0.39, 0.29) is 11.4 Å². The van der Waals surface area contributed by atoms with E-state index in [4.69, 9.17) is 0 Å². The number of nitrogens with one attached hydrogen (secondary N) is 1. The third-order valence-electron chi connectivity index (χ3n) is 3.51. The van der Waals surface area contributed by atoms with Gasteiger partial charge in [-0.25, -0.2) is 14.1 Å². The van der Waals surface area contributed by atoms with Crippen molar-refractivity contribution in [3.05, 3.63) is 59.8 Å². The quantitative estimate of drug-likeness (QED) is 0.504. The molecule has 0 unspecified atom stereocenters. The van der Waals surface area contributed by atoms with E-state index in [2.05, 4.69) is 20.6 Å². The van der Waals surface area contributed by atoms with E-state index < -0.39 is 29.3 Å². The van der Waals surface area contributed by atoms with Crippen LogP contribution in [0.25, 0.3) is 5.69 Å². The summed E-state index contributed by atoms with van der Waals surface area (Å²) in [7, 11) is 0. The van der Waals surface area contributed by atoms with Crippen molar-refractivity contribution in [2.75, 3.05) is 11.1 Å². The highest BCUT2D eigenvalue weighted by Gasteiger charge is 2.42. The largest absolute Gasteiger partial charge is 0.435 e. The van der Waals surface area contributed by atoms with Crippen LogP contribution in [0.2, 0.25) is 0 Å². The Morgan fingerprint density at radius 1 is 1.18 bits per heavy atom. The molecule has 0 aliphatic carbocycles. The molecular weight excluding hydrogens is 398 g/mol. The molecule has 0 saturated carbocycles. The highest BCUT2D eigenvalue weighted by atomic mass is 32.2. The van der Waals surface area contributed by atoms with Crippen molar-refractivity contribution in [3.8, 4) is 5.69 Å². The number of amides is 1. The van der Waals surface area contributed by atoms with Crippen LogP contribution in [-0.2, 0) is 6.18 Å². The first-order valence-corrected chi connectivity index (χ1v) is 8.97. The molecule has 146 valence electrons. The first kappa shape index (κ1) is 19.8. The number of halogens is 4. The van der Waals surface area contributed by atoms with Gasteiger partial charge < -0.3 is 5.32 Å². The summed E-state index contributed by atoms with van der Waals surface area (Å²) in [5.41, 5.74) is -2.12. The number of hydrogen-bond acceptors (Lipinski definition) is 5. The van der Waals surface area contributed by atoms with E-state index in [1.54, 1.807) is 6.07 Å². The fraction of sp³-hybridized carbons (Fsp3) is 0.176. The molecule has 0 aliphatic heterocycles. The molecule has 0 fully saturated rings. The van der Waals surface area contributed by atoms with Crippen LogP contribution in [0.4, 0.5) is 23.2 Å². The second kappa shape index (κ2) is 7.97. The molecule has 0 atom stereocenters.